The molecule has 0 aromatic heterocycles. The molecule has 1 saturated heterocycles. The highest BCUT2D eigenvalue weighted by Gasteiger charge is 2.10. The number of aryl methyl sites for hydroxylation is 1. The molecule has 0 amide bonds. The lowest BCUT2D eigenvalue weighted by atomic mass is 10.2. The van der Waals surface area contributed by atoms with Crippen LogP contribution in [0.1, 0.15) is 5.56 Å². The molecule has 29 heavy (non-hydrogen) atoms. The van der Waals surface area contributed by atoms with Gasteiger partial charge in [0.25, 0.3) is 10.2 Å². The number of nitrogens with zero attached hydrogens (tertiary/aromatic N) is 3. The molecule has 2 rings (SSSR count). The molecule has 0 aliphatic carbocycles. The van der Waals surface area contributed by atoms with Crippen LogP contribution in [0.5, 0.6) is 5.75 Å². The van der Waals surface area contributed by atoms with Crippen LogP contribution in [0.2, 0.25) is 0 Å². The number of rotatable bonds is 5. The second-order valence-corrected chi connectivity index (χ2v) is 5.51. The van der Waals surface area contributed by atoms with Crippen molar-refractivity contribution in [1.29, 1.82) is 5.41 Å². The van der Waals surface area contributed by atoms with Crippen molar-refractivity contribution in [3.8, 4) is 5.75 Å². The van der Waals surface area contributed by atoms with E-state index < -0.39 is 10.2 Å². The predicted molar refractivity (Wildman–Crippen MR) is 102 cm³/mol. The smallest absolute Gasteiger partial charge is 0.291 e. The van der Waals surface area contributed by atoms with Crippen LogP contribution in [0.15, 0.2) is 18.2 Å². The van der Waals surface area contributed by atoms with Crippen molar-refractivity contribution in [2.45, 2.75) is 6.92 Å². The van der Waals surface area contributed by atoms with Crippen molar-refractivity contribution in [1.82, 2.24) is 10.2 Å². The number of benzene rings is 1. The summed E-state index contributed by atoms with van der Waals surface area (Å²) in [7, 11) is 1.71. The van der Waals surface area contributed by atoms with Crippen molar-refractivity contribution >= 4 is 11.6 Å². The Labute approximate surface area is 166 Å². The van der Waals surface area contributed by atoms with Crippen LogP contribution < -0.4 is 15.4 Å². The first kappa shape index (κ1) is 25.6. The molecular formula is C15H26N6O8. The summed E-state index contributed by atoms with van der Waals surface area (Å²) in [5.74, 6) is 1.17. The maximum atomic E-state index is 8.36. The lowest BCUT2D eigenvalue weighted by Gasteiger charge is -2.26. The lowest BCUT2D eigenvalue weighted by molar-refractivity contribution is -0.742. The standard InChI is InChI=1S/C15H24N4O2.2HNO3/c1-12-11-13(18-15(16)17-2)3-4-14(12)21-10-7-19-5-8-20-9-6-19;2*2-1(3)4/h3-4,11H,5-10H2,1-2H3,(H3,16,17,18);2*(H,2,3,4). The van der Waals surface area contributed by atoms with Gasteiger partial charge in [0.05, 0.1) is 13.2 Å². The Morgan fingerprint density at radius 2 is 1.83 bits per heavy atom. The average Bonchev–Trinajstić information content (AvgIpc) is 2.63. The zero-order valence-corrected chi connectivity index (χ0v) is 16.2. The summed E-state index contributed by atoms with van der Waals surface area (Å²) in [5.41, 5.74) is 1.94. The number of nitrogens with one attached hydrogen (secondary N) is 3. The van der Waals surface area contributed by atoms with E-state index in [1.54, 1.807) is 7.05 Å². The van der Waals surface area contributed by atoms with E-state index in [0.29, 0.717) is 6.61 Å². The Morgan fingerprint density at radius 3 is 2.31 bits per heavy atom. The fourth-order valence-electron chi connectivity index (χ4n) is 2.21. The molecule has 164 valence electrons. The Bertz CT molecular complexity index is 634. The van der Waals surface area contributed by atoms with E-state index in [4.69, 9.17) is 45.5 Å². The van der Waals surface area contributed by atoms with Crippen molar-refractivity contribution in [3.63, 3.8) is 0 Å². The largest absolute Gasteiger partial charge is 0.492 e. The molecular weight excluding hydrogens is 392 g/mol. The minimum absolute atomic E-state index is 0.274. The molecule has 1 aliphatic heterocycles. The van der Waals surface area contributed by atoms with Gasteiger partial charge in [-0.25, -0.2) is 0 Å². The molecule has 0 spiro atoms. The zero-order chi connectivity index (χ0) is 22.2. The van der Waals surface area contributed by atoms with Gasteiger partial charge in [-0.05, 0) is 30.7 Å². The first-order valence-corrected chi connectivity index (χ1v) is 8.39. The molecule has 5 N–H and O–H groups in total. The van der Waals surface area contributed by atoms with E-state index in [1.807, 2.05) is 25.1 Å². The molecule has 0 radical (unpaired) electrons. The Morgan fingerprint density at radius 1 is 1.28 bits per heavy atom. The third-order valence-electron chi connectivity index (χ3n) is 3.46. The van der Waals surface area contributed by atoms with Crippen molar-refractivity contribution < 1.29 is 30.1 Å². The highest BCUT2D eigenvalue weighted by Crippen LogP contribution is 2.21. The van der Waals surface area contributed by atoms with Crippen LogP contribution in [0.4, 0.5) is 5.69 Å². The molecule has 1 fully saturated rings. The van der Waals surface area contributed by atoms with Gasteiger partial charge in [-0.3, -0.25) is 10.3 Å². The normalized spacial score (nSPS) is 12.9. The molecule has 0 bridgehead atoms. The van der Waals surface area contributed by atoms with Gasteiger partial charge in [-0.15, -0.1) is 20.2 Å². The van der Waals surface area contributed by atoms with E-state index in [2.05, 4.69) is 15.5 Å². The minimum atomic E-state index is -1.50. The number of hydrogen-bond donors (Lipinski definition) is 5. The van der Waals surface area contributed by atoms with Gasteiger partial charge >= 0.3 is 0 Å². The second-order valence-electron chi connectivity index (χ2n) is 5.51. The predicted octanol–water partition coefficient (Wildman–Crippen LogP) is 0.577. The van der Waals surface area contributed by atoms with Crippen LogP contribution in [0, 0.1) is 32.6 Å². The molecule has 0 unspecified atom stereocenters. The number of anilines is 1. The summed E-state index contributed by atoms with van der Waals surface area (Å²) in [6.07, 6.45) is 0. The topological polar surface area (TPSA) is 196 Å². The number of hydrogen-bond acceptors (Lipinski definition) is 8. The van der Waals surface area contributed by atoms with E-state index >= 15 is 0 Å². The number of guanidine groups is 1. The highest BCUT2D eigenvalue weighted by atomic mass is 16.9. The maximum absolute atomic E-state index is 8.36. The first-order chi connectivity index (χ1) is 13.6. The van der Waals surface area contributed by atoms with Gasteiger partial charge in [0.15, 0.2) is 5.96 Å². The third kappa shape index (κ3) is 14.3. The lowest BCUT2D eigenvalue weighted by Crippen LogP contribution is -2.38. The zero-order valence-electron chi connectivity index (χ0n) is 16.2. The quantitative estimate of drug-likeness (QED) is 0.194. The molecule has 1 aromatic rings. The monoisotopic (exact) mass is 418 g/mol. The van der Waals surface area contributed by atoms with Crippen LogP contribution >= 0.6 is 0 Å². The molecule has 14 nitrogen and oxygen atoms in total. The summed E-state index contributed by atoms with van der Waals surface area (Å²) < 4.78 is 11.2. The summed E-state index contributed by atoms with van der Waals surface area (Å²) in [6.45, 7) is 7.22. The maximum Gasteiger partial charge on any atom is 0.291 e. The number of ether oxygens (including phenoxy) is 2. The third-order valence-corrected chi connectivity index (χ3v) is 3.46. The van der Waals surface area contributed by atoms with E-state index in [0.717, 1.165) is 49.8 Å². The fourth-order valence-corrected chi connectivity index (χ4v) is 2.21. The van der Waals surface area contributed by atoms with Crippen LogP contribution in [-0.4, -0.2) is 77.9 Å². The molecule has 0 atom stereocenters. The summed E-state index contributed by atoms with van der Waals surface area (Å²) in [4.78, 5) is 19.1. The van der Waals surface area contributed by atoms with Gasteiger partial charge in [-0.2, -0.15) is 0 Å². The van der Waals surface area contributed by atoms with Gasteiger partial charge < -0.3 is 30.5 Å². The van der Waals surface area contributed by atoms with Gasteiger partial charge in [0.2, 0.25) is 0 Å². The summed E-state index contributed by atoms with van der Waals surface area (Å²) >= 11 is 0. The number of morpholine rings is 1. The van der Waals surface area contributed by atoms with Gasteiger partial charge in [0.1, 0.15) is 12.4 Å². The van der Waals surface area contributed by atoms with Crippen molar-refractivity contribution in [2.75, 3.05) is 51.8 Å². The molecule has 1 heterocycles. The van der Waals surface area contributed by atoms with Crippen LogP contribution in [0.25, 0.3) is 0 Å². The van der Waals surface area contributed by atoms with E-state index in [9.17, 15) is 0 Å². The molecule has 0 saturated carbocycles. The minimum Gasteiger partial charge on any atom is -0.492 e. The first-order valence-electron chi connectivity index (χ1n) is 8.39. The van der Waals surface area contributed by atoms with Gasteiger partial charge in [0, 0.05) is 32.4 Å². The molecule has 14 heteroatoms. The molecule has 1 aliphatic rings. The average molecular weight is 418 g/mol. The Balaban J connectivity index is 0.000000837. The Hall–Kier alpha value is -3.39. The fraction of sp³-hybridized carbons (Fsp3) is 0.533. The van der Waals surface area contributed by atoms with Crippen LogP contribution in [0.3, 0.4) is 0 Å². The van der Waals surface area contributed by atoms with Crippen molar-refractivity contribution in [2.24, 2.45) is 0 Å². The second kappa shape index (κ2) is 14.6. The van der Waals surface area contributed by atoms with E-state index in [1.165, 1.54) is 0 Å². The highest BCUT2D eigenvalue weighted by molar-refractivity contribution is 5.91. The van der Waals surface area contributed by atoms with E-state index in [-0.39, 0.29) is 5.96 Å². The van der Waals surface area contributed by atoms with Crippen molar-refractivity contribution in [3.05, 3.63) is 44.0 Å². The Kier molecular flexibility index (Phi) is 12.9. The summed E-state index contributed by atoms with van der Waals surface area (Å²) in [6, 6.07) is 5.85. The SMILES string of the molecule is CNC(=N)Nc1ccc(OCCN2CCOCC2)c(C)c1.O=[N+]([O-])O.O=[N+]([O-])O. The summed E-state index contributed by atoms with van der Waals surface area (Å²) in [5, 5.41) is 40.5. The molecule has 1 aromatic carbocycles. The van der Waals surface area contributed by atoms with Gasteiger partial charge in [-0.1, -0.05) is 0 Å². The van der Waals surface area contributed by atoms with Crippen LogP contribution in [-0.2, 0) is 4.74 Å².